The van der Waals surface area contributed by atoms with Crippen molar-refractivity contribution in [3.8, 4) is 6.07 Å². The summed E-state index contributed by atoms with van der Waals surface area (Å²) < 4.78 is 7.86. The number of nitrogens with zero attached hydrogens (tertiary/aromatic N) is 6. The van der Waals surface area contributed by atoms with Crippen LogP contribution in [0.3, 0.4) is 0 Å². The fourth-order valence-electron chi connectivity index (χ4n) is 3.03. The first kappa shape index (κ1) is 16.4. The highest BCUT2D eigenvalue weighted by atomic mass is 16.5. The fourth-order valence-corrected chi connectivity index (χ4v) is 3.03. The standard InChI is InChI=1S/C17H22N6O/c1-11-7-12(2)23(21-11)10-15-9-22(5-6-24-15)17-16(8-18)13(3)14(4)19-20-17/h7,15H,5-6,9-10H2,1-4H3. The minimum Gasteiger partial charge on any atom is -0.373 e. The lowest BCUT2D eigenvalue weighted by atomic mass is 10.1. The summed E-state index contributed by atoms with van der Waals surface area (Å²) in [5.41, 5.74) is 4.42. The number of aryl methyl sites for hydroxylation is 3. The number of aromatic nitrogens is 4. The highest BCUT2D eigenvalue weighted by molar-refractivity contribution is 5.57. The summed E-state index contributed by atoms with van der Waals surface area (Å²) in [7, 11) is 0. The molecule has 1 aliphatic heterocycles. The number of anilines is 1. The second kappa shape index (κ2) is 6.57. The van der Waals surface area contributed by atoms with Crippen molar-refractivity contribution in [2.24, 2.45) is 0 Å². The predicted octanol–water partition coefficient (Wildman–Crippen LogP) is 1.68. The molecule has 0 spiro atoms. The Balaban J connectivity index is 1.80. The molecule has 2 aromatic heterocycles. The van der Waals surface area contributed by atoms with E-state index in [0.717, 1.165) is 22.6 Å². The molecule has 1 aliphatic rings. The molecule has 0 aliphatic carbocycles. The van der Waals surface area contributed by atoms with Crippen molar-refractivity contribution in [1.29, 1.82) is 5.26 Å². The average Bonchev–Trinajstić information content (AvgIpc) is 2.87. The minimum atomic E-state index is 0.00621. The van der Waals surface area contributed by atoms with Gasteiger partial charge in [0, 0.05) is 18.8 Å². The van der Waals surface area contributed by atoms with Crippen LogP contribution in [0.15, 0.2) is 6.07 Å². The van der Waals surface area contributed by atoms with Crippen LogP contribution in [-0.2, 0) is 11.3 Å². The van der Waals surface area contributed by atoms with Crippen LogP contribution in [0.1, 0.15) is 28.2 Å². The van der Waals surface area contributed by atoms with Gasteiger partial charge in [-0.2, -0.15) is 15.5 Å². The summed E-state index contributed by atoms with van der Waals surface area (Å²) >= 11 is 0. The molecule has 0 saturated carbocycles. The number of ether oxygens (including phenoxy) is 1. The maximum absolute atomic E-state index is 9.50. The Hall–Kier alpha value is -2.46. The van der Waals surface area contributed by atoms with E-state index in [1.54, 1.807) is 0 Å². The van der Waals surface area contributed by atoms with Crippen molar-refractivity contribution in [1.82, 2.24) is 20.0 Å². The zero-order valence-electron chi connectivity index (χ0n) is 14.6. The van der Waals surface area contributed by atoms with Gasteiger partial charge < -0.3 is 9.64 Å². The minimum absolute atomic E-state index is 0.00621. The fraction of sp³-hybridized carbons (Fsp3) is 0.529. The molecule has 7 heteroatoms. The molecule has 1 saturated heterocycles. The molecular formula is C17H22N6O. The van der Waals surface area contributed by atoms with E-state index in [-0.39, 0.29) is 6.10 Å². The topological polar surface area (TPSA) is 79.9 Å². The van der Waals surface area contributed by atoms with Gasteiger partial charge in [0.15, 0.2) is 5.82 Å². The Morgan fingerprint density at radius 3 is 2.75 bits per heavy atom. The number of rotatable bonds is 3. The Morgan fingerprint density at radius 2 is 2.08 bits per heavy atom. The summed E-state index contributed by atoms with van der Waals surface area (Å²) in [5.74, 6) is 0.655. The van der Waals surface area contributed by atoms with Gasteiger partial charge in [-0.3, -0.25) is 4.68 Å². The van der Waals surface area contributed by atoms with E-state index in [4.69, 9.17) is 4.74 Å². The van der Waals surface area contributed by atoms with Gasteiger partial charge in [0.2, 0.25) is 0 Å². The van der Waals surface area contributed by atoms with Gasteiger partial charge in [-0.15, -0.1) is 5.10 Å². The van der Waals surface area contributed by atoms with E-state index in [1.165, 1.54) is 0 Å². The van der Waals surface area contributed by atoms with Crippen LogP contribution in [0, 0.1) is 39.0 Å². The summed E-state index contributed by atoms with van der Waals surface area (Å²) in [6.07, 6.45) is 0.00621. The van der Waals surface area contributed by atoms with Crippen LogP contribution in [-0.4, -0.2) is 45.8 Å². The van der Waals surface area contributed by atoms with Crippen LogP contribution in [0.5, 0.6) is 0 Å². The van der Waals surface area contributed by atoms with Crippen LogP contribution in [0.2, 0.25) is 0 Å². The van der Waals surface area contributed by atoms with Crippen LogP contribution >= 0.6 is 0 Å². The largest absolute Gasteiger partial charge is 0.373 e. The molecule has 0 N–H and O–H groups in total. The van der Waals surface area contributed by atoms with Gasteiger partial charge >= 0.3 is 0 Å². The molecule has 1 unspecified atom stereocenters. The Labute approximate surface area is 141 Å². The number of hydrogen-bond donors (Lipinski definition) is 0. The van der Waals surface area contributed by atoms with Crippen molar-refractivity contribution < 1.29 is 4.74 Å². The lowest BCUT2D eigenvalue weighted by molar-refractivity contribution is 0.0267. The van der Waals surface area contributed by atoms with Gasteiger partial charge in [0.05, 0.1) is 30.6 Å². The second-order valence-electron chi connectivity index (χ2n) is 6.27. The van der Waals surface area contributed by atoms with Gasteiger partial charge in [-0.1, -0.05) is 0 Å². The van der Waals surface area contributed by atoms with E-state index >= 15 is 0 Å². The first-order valence-electron chi connectivity index (χ1n) is 8.11. The highest BCUT2D eigenvalue weighted by Gasteiger charge is 2.25. The summed E-state index contributed by atoms with van der Waals surface area (Å²) in [6, 6.07) is 4.34. The Kier molecular flexibility index (Phi) is 4.49. The molecule has 24 heavy (non-hydrogen) atoms. The smallest absolute Gasteiger partial charge is 0.169 e. The van der Waals surface area contributed by atoms with Crippen LogP contribution in [0.25, 0.3) is 0 Å². The number of morpholine rings is 1. The zero-order chi connectivity index (χ0) is 17.3. The maximum Gasteiger partial charge on any atom is 0.169 e. The Bertz CT molecular complexity index is 791. The van der Waals surface area contributed by atoms with Crippen LogP contribution < -0.4 is 4.90 Å². The SMILES string of the molecule is Cc1cc(C)n(CC2CN(c3nnc(C)c(C)c3C#N)CCO2)n1. The third-order valence-electron chi connectivity index (χ3n) is 4.47. The second-order valence-corrected chi connectivity index (χ2v) is 6.27. The summed E-state index contributed by atoms with van der Waals surface area (Å²) in [4.78, 5) is 2.10. The summed E-state index contributed by atoms with van der Waals surface area (Å²) in [5, 5.41) is 22.5. The van der Waals surface area contributed by atoms with Crippen molar-refractivity contribution in [2.45, 2.75) is 40.3 Å². The molecule has 1 atom stereocenters. The quantitative estimate of drug-likeness (QED) is 0.854. The van der Waals surface area contributed by atoms with Gasteiger partial charge in [-0.05, 0) is 39.3 Å². The molecule has 0 aromatic carbocycles. The third-order valence-corrected chi connectivity index (χ3v) is 4.47. The Morgan fingerprint density at radius 1 is 1.29 bits per heavy atom. The lowest BCUT2D eigenvalue weighted by Gasteiger charge is -2.34. The maximum atomic E-state index is 9.50. The molecule has 7 nitrogen and oxygen atoms in total. The molecule has 126 valence electrons. The van der Waals surface area contributed by atoms with E-state index in [2.05, 4.69) is 32.3 Å². The van der Waals surface area contributed by atoms with Crippen molar-refractivity contribution in [2.75, 3.05) is 24.6 Å². The van der Waals surface area contributed by atoms with Crippen molar-refractivity contribution >= 4 is 5.82 Å². The molecule has 0 bridgehead atoms. The van der Waals surface area contributed by atoms with Crippen molar-refractivity contribution in [3.63, 3.8) is 0 Å². The van der Waals surface area contributed by atoms with E-state index in [9.17, 15) is 5.26 Å². The molecule has 0 radical (unpaired) electrons. The van der Waals surface area contributed by atoms with E-state index in [0.29, 0.717) is 37.6 Å². The van der Waals surface area contributed by atoms with Gasteiger partial charge in [-0.25, -0.2) is 0 Å². The average molecular weight is 326 g/mol. The first-order valence-corrected chi connectivity index (χ1v) is 8.11. The van der Waals surface area contributed by atoms with Crippen LogP contribution in [0.4, 0.5) is 5.82 Å². The molecule has 3 rings (SSSR count). The first-order chi connectivity index (χ1) is 11.5. The number of hydrogen-bond acceptors (Lipinski definition) is 6. The monoisotopic (exact) mass is 326 g/mol. The highest BCUT2D eigenvalue weighted by Crippen LogP contribution is 2.23. The normalized spacial score (nSPS) is 17.8. The van der Waals surface area contributed by atoms with Gasteiger partial charge in [0.1, 0.15) is 11.6 Å². The van der Waals surface area contributed by atoms with Gasteiger partial charge in [0.25, 0.3) is 0 Å². The third kappa shape index (κ3) is 3.10. The lowest BCUT2D eigenvalue weighted by Crippen LogP contribution is -2.45. The van der Waals surface area contributed by atoms with E-state index < -0.39 is 0 Å². The molecule has 1 fully saturated rings. The zero-order valence-corrected chi connectivity index (χ0v) is 14.6. The molecule has 3 heterocycles. The summed E-state index contributed by atoms with van der Waals surface area (Å²) in [6.45, 7) is 10.5. The molecular weight excluding hydrogens is 304 g/mol. The molecule has 2 aromatic rings. The predicted molar refractivity (Wildman–Crippen MR) is 89.9 cm³/mol. The number of nitriles is 1. The van der Waals surface area contributed by atoms with Crippen molar-refractivity contribution in [3.05, 3.63) is 34.3 Å². The van der Waals surface area contributed by atoms with E-state index in [1.807, 2.05) is 32.4 Å². The molecule has 0 amide bonds.